The fourth-order valence-electron chi connectivity index (χ4n) is 2.64. The van der Waals surface area contributed by atoms with Crippen LogP contribution in [0.2, 0.25) is 0 Å². The molecule has 1 amide bonds. The number of piperidine rings is 1. The van der Waals surface area contributed by atoms with Gasteiger partial charge in [-0.25, -0.2) is 9.97 Å². The zero-order chi connectivity index (χ0) is 16.1. The van der Waals surface area contributed by atoms with Gasteiger partial charge in [-0.1, -0.05) is 0 Å². The molecule has 120 valence electrons. The quantitative estimate of drug-likeness (QED) is 0.926. The first kappa shape index (κ1) is 15.2. The maximum Gasteiger partial charge on any atom is 0.227 e. The number of carbonyl (C=O) groups is 1. The molecule has 3 rings (SSSR count). The van der Waals surface area contributed by atoms with E-state index in [2.05, 4.69) is 25.2 Å². The number of nitrogens with one attached hydrogen (secondary N) is 1. The van der Waals surface area contributed by atoms with E-state index in [1.165, 1.54) is 0 Å². The summed E-state index contributed by atoms with van der Waals surface area (Å²) in [5.41, 5.74) is 0.687. The molecule has 1 aliphatic heterocycles. The number of carbonyl (C=O) groups excluding carboxylic acids is 1. The predicted octanol–water partition coefficient (Wildman–Crippen LogP) is 1.74. The van der Waals surface area contributed by atoms with Gasteiger partial charge in [0.05, 0.1) is 25.2 Å². The molecule has 1 saturated heterocycles. The molecule has 3 heterocycles. The summed E-state index contributed by atoms with van der Waals surface area (Å²) in [6.07, 6.45) is 8.30. The monoisotopic (exact) mass is 313 g/mol. The normalized spacial score (nSPS) is 15.3. The molecule has 0 radical (unpaired) electrons. The van der Waals surface area contributed by atoms with E-state index in [9.17, 15) is 4.79 Å². The molecular formula is C16H19N5O2. The van der Waals surface area contributed by atoms with Crippen LogP contribution in [0.25, 0.3) is 0 Å². The largest absolute Gasteiger partial charge is 0.481 e. The maximum atomic E-state index is 12.3. The third kappa shape index (κ3) is 3.74. The molecule has 0 aliphatic carbocycles. The van der Waals surface area contributed by atoms with Crippen molar-refractivity contribution >= 4 is 17.4 Å². The van der Waals surface area contributed by atoms with Crippen molar-refractivity contribution in [1.29, 1.82) is 0 Å². The highest BCUT2D eigenvalue weighted by Gasteiger charge is 2.25. The van der Waals surface area contributed by atoms with Crippen molar-refractivity contribution in [2.24, 2.45) is 5.92 Å². The lowest BCUT2D eigenvalue weighted by atomic mass is 9.96. The number of aromatic nitrogens is 3. The van der Waals surface area contributed by atoms with Gasteiger partial charge in [-0.05, 0) is 18.9 Å². The number of rotatable bonds is 4. The summed E-state index contributed by atoms with van der Waals surface area (Å²) >= 11 is 0. The van der Waals surface area contributed by atoms with Crippen molar-refractivity contribution in [3.8, 4) is 5.88 Å². The third-order valence-electron chi connectivity index (χ3n) is 3.95. The summed E-state index contributed by atoms with van der Waals surface area (Å²) in [6, 6.07) is 3.52. The molecule has 0 aromatic carbocycles. The minimum atomic E-state index is 0.00465. The van der Waals surface area contributed by atoms with E-state index in [-0.39, 0.29) is 11.8 Å². The number of nitrogens with zero attached hydrogens (tertiary/aromatic N) is 4. The number of anilines is 2. The molecule has 0 unspecified atom stereocenters. The van der Waals surface area contributed by atoms with Gasteiger partial charge in [0.2, 0.25) is 11.8 Å². The van der Waals surface area contributed by atoms with Gasteiger partial charge in [-0.2, -0.15) is 0 Å². The van der Waals surface area contributed by atoms with Gasteiger partial charge in [-0.15, -0.1) is 0 Å². The number of hydrogen-bond donors (Lipinski definition) is 1. The minimum Gasteiger partial charge on any atom is -0.481 e. The molecule has 0 spiro atoms. The van der Waals surface area contributed by atoms with E-state index < -0.39 is 0 Å². The van der Waals surface area contributed by atoms with Crippen molar-refractivity contribution < 1.29 is 9.53 Å². The average molecular weight is 313 g/mol. The van der Waals surface area contributed by atoms with Crippen LogP contribution in [0.5, 0.6) is 5.88 Å². The first-order chi connectivity index (χ1) is 11.3. The molecule has 1 aliphatic rings. The molecule has 1 fully saturated rings. The highest BCUT2D eigenvalue weighted by Crippen LogP contribution is 2.22. The topological polar surface area (TPSA) is 80.2 Å². The standard InChI is InChI=1S/C16H19N5O2/c1-23-15-3-2-13(10-19-15)20-16(22)12-4-8-21(9-5-12)14-11-17-6-7-18-14/h2-3,6-7,10-12H,4-5,8-9H2,1H3,(H,20,22). The smallest absolute Gasteiger partial charge is 0.227 e. The van der Waals surface area contributed by atoms with Crippen molar-refractivity contribution in [2.45, 2.75) is 12.8 Å². The lowest BCUT2D eigenvalue weighted by molar-refractivity contribution is -0.120. The highest BCUT2D eigenvalue weighted by atomic mass is 16.5. The van der Waals surface area contributed by atoms with Crippen molar-refractivity contribution in [3.05, 3.63) is 36.9 Å². The highest BCUT2D eigenvalue weighted by molar-refractivity contribution is 5.92. The summed E-state index contributed by atoms with van der Waals surface area (Å²) in [5, 5.41) is 2.91. The number of pyridine rings is 1. The number of amides is 1. The van der Waals surface area contributed by atoms with Crippen LogP contribution in [0.4, 0.5) is 11.5 Å². The van der Waals surface area contributed by atoms with Gasteiger partial charge in [0, 0.05) is 37.5 Å². The van der Waals surface area contributed by atoms with Crippen LogP contribution in [0.15, 0.2) is 36.9 Å². The fraction of sp³-hybridized carbons (Fsp3) is 0.375. The molecule has 2 aromatic heterocycles. The van der Waals surface area contributed by atoms with Crippen LogP contribution in [-0.2, 0) is 4.79 Å². The molecule has 7 nitrogen and oxygen atoms in total. The van der Waals surface area contributed by atoms with E-state index in [0.29, 0.717) is 11.6 Å². The molecule has 0 atom stereocenters. The lowest BCUT2D eigenvalue weighted by Crippen LogP contribution is -2.38. The van der Waals surface area contributed by atoms with Gasteiger partial charge in [-0.3, -0.25) is 9.78 Å². The Morgan fingerprint density at radius 2 is 2.04 bits per heavy atom. The zero-order valence-electron chi connectivity index (χ0n) is 13.0. The Balaban J connectivity index is 1.53. The van der Waals surface area contributed by atoms with E-state index in [0.717, 1.165) is 31.7 Å². The predicted molar refractivity (Wildman–Crippen MR) is 86.4 cm³/mol. The second-order valence-electron chi connectivity index (χ2n) is 5.40. The van der Waals surface area contributed by atoms with Crippen LogP contribution in [0, 0.1) is 5.92 Å². The molecule has 0 bridgehead atoms. The first-order valence-electron chi connectivity index (χ1n) is 7.58. The van der Waals surface area contributed by atoms with Crippen LogP contribution < -0.4 is 15.0 Å². The van der Waals surface area contributed by atoms with Gasteiger partial charge in [0.25, 0.3) is 0 Å². The van der Waals surface area contributed by atoms with E-state index in [1.54, 1.807) is 44.0 Å². The lowest BCUT2D eigenvalue weighted by Gasteiger charge is -2.31. The Bertz CT molecular complexity index is 639. The van der Waals surface area contributed by atoms with E-state index >= 15 is 0 Å². The van der Waals surface area contributed by atoms with Gasteiger partial charge in [0.15, 0.2) is 0 Å². The van der Waals surface area contributed by atoms with Crippen LogP contribution >= 0.6 is 0 Å². The summed E-state index contributed by atoms with van der Waals surface area (Å²) in [6.45, 7) is 1.61. The van der Waals surface area contributed by atoms with Crippen molar-refractivity contribution in [3.63, 3.8) is 0 Å². The van der Waals surface area contributed by atoms with Gasteiger partial charge >= 0.3 is 0 Å². The van der Waals surface area contributed by atoms with Crippen LogP contribution in [0.3, 0.4) is 0 Å². The van der Waals surface area contributed by atoms with E-state index in [1.807, 2.05) is 0 Å². The summed E-state index contributed by atoms with van der Waals surface area (Å²) in [7, 11) is 1.56. The number of hydrogen-bond acceptors (Lipinski definition) is 6. The maximum absolute atomic E-state index is 12.3. The average Bonchev–Trinajstić information content (AvgIpc) is 2.63. The Morgan fingerprint density at radius 3 is 2.65 bits per heavy atom. The van der Waals surface area contributed by atoms with Crippen molar-refractivity contribution in [2.75, 3.05) is 30.4 Å². The second-order valence-corrected chi connectivity index (χ2v) is 5.40. The molecule has 1 N–H and O–H groups in total. The molecular weight excluding hydrogens is 294 g/mol. The van der Waals surface area contributed by atoms with Crippen LogP contribution in [0.1, 0.15) is 12.8 Å². The Hall–Kier alpha value is -2.70. The van der Waals surface area contributed by atoms with E-state index in [4.69, 9.17) is 4.74 Å². The summed E-state index contributed by atoms with van der Waals surface area (Å²) in [5.74, 6) is 1.44. The second kappa shape index (κ2) is 7.04. The summed E-state index contributed by atoms with van der Waals surface area (Å²) in [4.78, 5) is 27.0. The molecule has 23 heavy (non-hydrogen) atoms. The molecule has 0 saturated carbocycles. The minimum absolute atomic E-state index is 0.00465. The number of methoxy groups -OCH3 is 1. The zero-order valence-corrected chi connectivity index (χ0v) is 13.0. The van der Waals surface area contributed by atoms with Gasteiger partial charge < -0.3 is 15.0 Å². The van der Waals surface area contributed by atoms with Crippen molar-refractivity contribution in [1.82, 2.24) is 15.0 Å². The first-order valence-corrected chi connectivity index (χ1v) is 7.58. The third-order valence-corrected chi connectivity index (χ3v) is 3.95. The SMILES string of the molecule is COc1ccc(NC(=O)C2CCN(c3cnccn3)CC2)cn1. The Kier molecular flexibility index (Phi) is 4.65. The van der Waals surface area contributed by atoms with Gasteiger partial charge in [0.1, 0.15) is 5.82 Å². The summed E-state index contributed by atoms with van der Waals surface area (Å²) < 4.78 is 5.00. The molecule has 7 heteroatoms. The molecule has 2 aromatic rings. The Labute approximate surface area is 134 Å². The number of ether oxygens (including phenoxy) is 1. The fourth-order valence-corrected chi connectivity index (χ4v) is 2.64. The van der Waals surface area contributed by atoms with Crippen LogP contribution in [-0.4, -0.2) is 41.1 Å². The Morgan fingerprint density at radius 1 is 1.22 bits per heavy atom.